The van der Waals surface area contributed by atoms with E-state index in [1.807, 2.05) is 13.0 Å². The second-order valence-corrected chi connectivity index (χ2v) is 8.85. The summed E-state index contributed by atoms with van der Waals surface area (Å²) in [6, 6.07) is 0. The fourth-order valence-electron chi connectivity index (χ4n) is 1.09. The third-order valence-electron chi connectivity index (χ3n) is 1.67. The lowest BCUT2D eigenvalue weighted by Crippen LogP contribution is -2.30. The van der Waals surface area contributed by atoms with Gasteiger partial charge in [0.05, 0.1) is 14.2 Å². The quantitative estimate of drug-likeness (QED) is 0.404. The number of hydrogen-bond donors (Lipinski definition) is 1. The molecule has 12 heavy (non-hydrogen) atoms. The van der Waals surface area contributed by atoms with E-state index in [1.165, 1.54) is 0 Å². The second-order valence-electron chi connectivity index (χ2n) is 3.81. The zero-order valence-electron chi connectivity index (χ0n) is 8.39. The SMILES string of the molecule is C=C=C([C@H](O)/C=C/C)[Si](C)(C)C. The molecule has 0 heterocycles. The average Bonchev–Trinajstić information content (AvgIpc) is 1.85. The number of rotatable bonds is 3. The van der Waals surface area contributed by atoms with Crippen LogP contribution in [0.2, 0.25) is 19.6 Å². The number of aliphatic hydroxyl groups excluding tert-OH is 1. The van der Waals surface area contributed by atoms with Crippen molar-refractivity contribution in [2.75, 3.05) is 0 Å². The van der Waals surface area contributed by atoms with Crippen molar-refractivity contribution in [3.05, 3.63) is 29.7 Å². The Bertz CT molecular complexity index is 216. The van der Waals surface area contributed by atoms with Gasteiger partial charge in [-0.1, -0.05) is 38.4 Å². The van der Waals surface area contributed by atoms with E-state index in [1.54, 1.807) is 6.08 Å². The highest BCUT2D eigenvalue weighted by Gasteiger charge is 2.23. The number of hydrogen-bond acceptors (Lipinski definition) is 1. The van der Waals surface area contributed by atoms with Crippen LogP contribution in [0.5, 0.6) is 0 Å². The molecular weight excluding hydrogens is 164 g/mol. The molecule has 0 aromatic rings. The Balaban J connectivity index is 4.72. The molecule has 1 atom stereocenters. The standard InChI is InChI=1S/C10H18OSi/c1-6-8-9(11)10(7-2)12(3,4)5/h6,8-9,11H,2H2,1,3-5H3/b8-6+/t9-/m1/s1. The predicted molar refractivity (Wildman–Crippen MR) is 56.8 cm³/mol. The van der Waals surface area contributed by atoms with Crippen LogP contribution in [0.25, 0.3) is 0 Å². The minimum absolute atomic E-state index is 0.487. The number of allylic oxidation sites excluding steroid dienone is 1. The van der Waals surface area contributed by atoms with Gasteiger partial charge in [-0.15, -0.1) is 5.73 Å². The fraction of sp³-hybridized carbons (Fsp3) is 0.500. The Morgan fingerprint density at radius 1 is 1.50 bits per heavy atom. The molecule has 1 nitrogen and oxygen atoms in total. The Hall–Kier alpha value is -0.563. The maximum absolute atomic E-state index is 9.65. The van der Waals surface area contributed by atoms with E-state index in [-0.39, 0.29) is 0 Å². The smallest absolute Gasteiger partial charge is 0.0968 e. The largest absolute Gasteiger partial charge is 0.384 e. The predicted octanol–water partition coefficient (Wildman–Crippen LogP) is 2.51. The molecule has 0 amide bonds. The van der Waals surface area contributed by atoms with Gasteiger partial charge in [-0.2, -0.15) is 0 Å². The summed E-state index contributed by atoms with van der Waals surface area (Å²) in [4.78, 5) is 0. The van der Waals surface area contributed by atoms with Crippen LogP contribution in [0, 0.1) is 0 Å². The lowest BCUT2D eigenvalue weighted by atomic mass is 10.3. The second kappa shape index (κ2) is 4.46. The molecule has 0 unspecified atom stereocenters. The van der Waals surface area contributed by atoms with Crippen molar-refractivity contribution in [3.8, 4) is 0 Å². The van der Waals surface area contributed by atoms with E-state index < -0.39 is 14.2 Å². The molecule has 0 radical (unpaired) electrons. The van der Waals surface area contributed by atoms with Gasteiger partial charge in [0.2, 0.25) is 0 Å². The lowest BCUT2D eigenvalue weighted by Gasteiger charge is -2.21. The number of aliphatic hydroxyl groups is 1. The summed E-state index contributed by atoms with van der Waals surface area (Å²) in [6.07, 6.45) is 3.13. The van der Waals surface area contributed by atoms with Gasteiger partial charge in [0.25, 0.3) is 0 Å². The van der Waals surface area contributed by atoms with Crippen LogP contribution < -0.4 is 0 Å². The minimum atomic E-state index is -1.45. The summed E-state index contributed by atoms with van der Waals surface area (Å²) in [5.41, 5.74) is 2.85. The maximum Gasteiger partial charge on any atom is 0.0968 e. The Morgan fingerprint density at radius 3 is 2.25 bits per heavy atom. The van der Waals surface area contributed by atoms with E-state index in [0.717, 1.165) is 5.20 Å². The molecular formula is C10H18OSi. The first kappa shape index (κ1) is 11.4. The topological polar surface area (TPSA) is 20.2 Å². The van der Waals surface area contributed by atoms with E-state index in [2.05, 4.69) is 32.0 Å². The summed E-state index contributed by atoms with van der Waals surface area (Å²) in [6.45, 7) is 12.0. The van der Waals surface area contributed by atoms with Crippen LogP contribution in [-0.2, 0) is 0 Å². The first-order chi connectivity index (χ1) is 5.43. The van der Waals surface area contributed by atoms with Crippen molar-refractivity contribution in [2.24, 2.45) is 0 Å². The van der Waals surface area contributed by atoms with Crippen molar-refractivity contribution >= 4 is 8.07 Å². The highest BCUT2D eigenvalue weighted by molar-refractivity contribution is 6.83. The Labute approximate surface area is 76.1 Å². The summed E-state index contributed by atoms with van der Waals surface area (Å²) >= 11 is 0. The van der Waals surface area contributed by atoms with E-state index in [0.29, 0.717) is 0 Å². The molecule has 0 aliphatic rings. The highest BCUT2D eigenvalue weighted by atomic mass is 28.3. The van der Waals surface area contributed by atoms with Gasteiger partial charge in [0.1, 0.15) is 0 Å². The van der Waals surface area contributed by atoms with Crippen LogP contribution in [0.15, 0.2) is 29.7 Å². The zero-order valence-corrected chi connectivity index (χ0v) is 9.39. The van der Waals surface area contributed by atoms with Crippen LogP contribution in [0.3, 0.4) is 0 Å². The summed E-state index contributed by atoms with van der Waals surface area (Å²) in [5.74, 6) is 0. The minimum Gasteiger partial charge on any atom is -0.384 e. The summed E-state index contributed by atoms with van der Waals surface area (Å²) in [5, 5.41) is 10.6. The molecule has 2 heteroatoms. The van der Waals surface area contributed by atoms with Gasteiger partial charge in [-0.3, -0.25) is 0 Å². The van der Waals surface area contributed by atoms with E-state index in [9.17, 15) is 5.11 Å². The molecule has 0 aromatic heterocycles. The van der Waals surface area contributed by atoms with Crippen molar-refractivity contribution in [2.45, 2.75) is 32.7 Å². The molecule has 0 fully saturated rings. The molecule has 0 aliphatic heterocycles. The van der Waals surface area contributed by atoms with E-state index >= 15 is 0 Å². The molecule has 68 valence electrons. The van der Waals surface area contributed by atoms with Crippen molar-refractivity contribution in [3.63, 3.8) is 0 Å². The van der Waals surface area contributed by atoms with Crippen molar-refractivity contribution < 1.29 is 5.11 Å². The highest BCUT2D eigenvalue weighted by Crippen LogP contribution is 2.17. The molecule has 1 N–H and O–H groups in total. The van der Waals surface area contributed by atoms with Crippen LogP contribution in [-0.4, -0.2) is 19.3 Å². The monoisotopic (exact) mass is 182 g/mol. The molecule has 0 aromatic carbocycles. The van der Waals surface area contributed by atoms with Gasteiger partial charge in [0, 0.05) is 0 Å². The van der Waals surface area contributed by atoms with Gasteiger partial charge < -0.3 is 5.11 Å². The molecule has 0 spiro atoms. The Kier molecular flexibility index (Phi) is 4.25. The zero-order chi connectivity index (χ0) is 9.78. The van der Waals surface area contributed by atoms with Gasteiger partial charge >= 0.3 is 0 Å². The van der Waals surface area contributed by atoms with Crippen LogP contribution >= 0.6 is 0 Å². The van der Waals surface area contributed by atoms with Gasteiger partial charge in [-0.05, 0) is 12.1 Å². The summed E-state index contributed by atoms with van der Waals surface area (Å²) < 4.78 is 0. The fourth-order valence-corrected chi connectivity index (χ4v) is 2.61. The maximum atomic E-state index is 9.65. The molecule has 0 rings (SSSR count). The normalized spacial score (nSPS) is 14.4. The van der Waals surface area contributed by atoms with Gasteiger partial charge in [-0.25, -0.2) is 0 Å². The van der Waals surface area contributed by atoms with Crippen molar-refractivity contribution in [1.82, 2.24) is 0 Å². The van der Waals surface area contributed by atoms with Crippen molar-refractivity contribution in [1.29, 1.82) is 0 Å². The lowest BCUT2D eigenvalue weighted by molar-refractivity contribution is 0.266. The van der Waals surface area contributed by atoms with E-state index in [4.69, 9.17) is 0 Å². The molecule has 0 saturated heterocycles. The Morgan fingerprint density at radius 2 is 2.00 bits per heavy atom. The molecule has 0 bridgehead atoms. The third-order valence-corrected chi connectivity index (χ3v) is 3.76. The van der Waals surface area contributed by atoms with Crippen LogP contribution in [0.4, 0.5) is 0 Å². The first-order valence-corrected chi connectivity index (χ1v) is 7.64. The molecule has 0 saturated carbocycles. The molecule has 0 aliphatic carbocycles. The average molecular weight is 182 g/mol. The first-order valence-electron chi connectivity index (χ1n) is 4.14. The van der Waals surface area contributed by atoms with Gasteiger partial charge in [0.15, 0.2) is 0 Å². The van der Waals surface area contributed by atoms with Crippen LogP contribution in [0.1, 0.15) is 6.92 Å². The third kappa shape index (κ3) is 3.22. The summed E-state index contributed by atoms with van der Waals surface area (Å²) in [7, 11) is -1.45.